The second-order valence-corrected chi connectivity index (χ2v) is 7.30. The lowest BCUT2D eigenvalue weighted by molar-refractivity contribution is -0.122. The van der Waals surface area contributed by atoms with Crippen LogP contribution in [0.5, 0.6) is 0 Å². The van der Waals surface area contributed by atoms with Crippen molar-refractivity contribution in [3.8, 4) is 10.4 Å². The van der Waals surface area contributed by atoms with Crippen LogP contribution in [0.4, 0.5) is 16.2 Å². The summed E-state index contributed by atoms with van der Waals surface area (Å²) in [5.41, 5.74) is 8.63. The van der Waals surface area contributed by atoms with Crippen molar-refractivity contribution < 1.29 is 19.5 Å². The van der Waals surface area contributed by atoms with E-state index in [4.69, 9.17) is 10.8 Å². The van der Waals surface area contributed by atoms with E-state index in [2.05, 4.69) is 16.0 Å². The number of likely N-dealkylation sites (N-methyl/N-ethyl adjacent to an activating group) is 1. The van der Waals surface area contributed by atoms with Gasteiger partial charge >= 0.3 is 6.09 Å². The third-order valence-corrected chi connectivity index (χ3v) is 5.31. The second-order valence-electron chi connectivity index (χ2n) is 6.35. The van der Waals surface area contributed by atoms with E-state index in [1.165, 1.54) is 31.3 Å². The van der Waals surface area contributed by atoms with Crippen molar-refractivity contribution in [1.29, 1.82) is 0 Å². The first-order chi connectivity index (χ1) is 14.4. The fraction of sp³-hybridized carbons (Fsp3) is 0.0952. The van der Waals surface area contributed by atoms with Crippen molar-refractivity contribution in [2.24, 2.45) is 0 Å². The molecule has 8 nitrogen and oxygen atoms in total. The van der Waals surface area contributed by atoms with Gasteiger partial charge in [0.2, 0.25) is 5.91 Å². The lowest BCUT2D eigenvalue weighted by Crippen LogP contribution is -2.38. The maximum absolute atomic E-state index is 12.7. The van der Waals surface area contributed by atoms with E-state index >= 15 is 0 Å². The molecule has 9 heteroatoms. The number of carbonyl (C=O) groups is 3. The molecule has 3 rings (SSSR count). The number of nitrogen functional groups attached to an aromatic ring is 1. The third-order valence-electron chi connectivity index (χ3n) is 4.39. The van der Waals surface area contributed by atoms with E-state index in [1.807, 2.05) is 29.6 Å². The van der Waals surface area contributed by atoms with Gasteiger partial charge in [-0.05, 0) is 46.8 Å². The van der Waals surface area contributed by atoms with Gasteiger partial charge in [-0.1, -0.05) is 24.3 Å². The Morgan fingerprint density at radius 1 is 1.07 bits per heavy atom. The molecule has 30 heavy (non-hydrogen) atoms. The molecule has 0 aliphatic carbocycles. The molecule has 3 aromatic rings. The van der Waals surface area contributed by atoms with E-state index in [9.17, 15) is 14.4 Å². The van der Waals surface area contributed by atoms with Gasteiger partial charge in [0.1, 0.15) is 6.04 Å². The van der Waals surface area contributed by atoms with Gasteiger partial charge in [0.15, 0.2) is 0 Å². The molecule has 0 aliphatic heterocycles. The van der Waals surface area contributed by atoms with Crippen molar-refractivity contribution in [3.05, 3.63) is 71.1 Å². The number of nitrogens with two attached hydrogens (primary N) is 1. The first-order valence-corrected chi connectivity index (χ1v) is 9.82. The van der Waals surface area contributed by atoms with Gasteiger partial charge < -0.3 is 26.8 Å². The zero-order chi connectivity index (χ0) is 21.7. The SMILES string of the molecule is CNC(=O)C(NC(=O)O)c1ccc(C(=O)Nc2cc(-c3cccs3)ccc2N)cc1. The van der Waals surface area contributed by atoms with Gasteiger partial charge in [-0.3, -0.25) is 9.59 Å². The number of carbonyl (C=O) groups excluding carboxylic acids is 2. The summed E-state index contributed by atoms with van der Waals surface area (Å²) >= 11 is 1.58. The van der Waals surface area contributed by atoms with Crippen LogP contribution in [0.1, 0.15) is 22.0 Å². The highest BCUT2D eigenvalue weighted by Crippen LogP contribution is 2.30. The molecule has 0 saturated carbocycles. The van der Waals surface area contributed by atoms with Crippen molar-refractivity contribution >= 4 is 40.6 Å². The minimum atomic E-state index is -1.33. The Balaban J connectivity index is 1.79. The van der Waals surface area contributed by atoms with E-state index in [0.717, 1.165) is 10.4 Å². The van der Waals surface area contributed by atoms with Gasteiger partial charge in [0.05, 0.1) is 11.4 Å². The average molecular weight is 424 g/mol. The first-order valence-electron chi connectivity index (χ1n) is 8.95. The molecule has 1 aromatic heterocycles. The highest BCUT2D eigenvalue weighted by Gasteiger charge is 2.22. The summed E-state index contributed by atoms with van der Waals surface area (Å²) in [5.74, 6) is -0.882. The normalized spacial score (nSPS) is 11.4. The summed E-state index contributed by atoms with van der Waals surface area (Å²) in [7, 11) is 1.41. The van der Waals surface area contributed by atoms with Crippen LogP contribution in [0, 0.1) is 0 Å². The molecule has 6 N–H and O–H groups in total. The van der Waals surface area contributed by atoms with E-state index in [-0.39, 0.29) is 5.91 Å². The summed E-state index contributed by atoms with van der Waals surface area (Å²) < 4.78 is 0. The number of thiophene rings is 1. The average Bonchev–Trinajstić information content (AvgIpc) is 3.28. The first kappa shape index (κ1) is 20.9. The molecule has 2 aromatic carbocycles. The van der Waals surface area contributed by atoms with Crippen LogP contribution < -0.4 is 21.7 Å². The molecule has 0 saturated heterocycles. The minimum Gasteiger partial charge on any atom is -0.465 e. The van der Waals surface area contributed by atoms with Gasteiger partial charge in [-0.25, -0.2) is 4.79 Å². The third kappa shape index (κ3) is 4.76. The number of hydrogen-bond acceptors (Lipinski definition) is 5. The van der Waals surface area contributed by atoms with Crippen molar-refractivity contribution in [2.45, 2.75) is 6.04 Å². The maximum Gasteiger partial charge on any atom is 0.405 e. The number of hydrogen-bond donors (Lipinski definition) is 5. The van der Waals surface area contributed by atoms with Crippen LogP contribution >= 0.6 is 11.3 Å². The fourth-order valence-electron chi connectivity index (χ4n) is 2.85. The van der Waals surface area contributed by atoms with Crippen LogP contribution in [0.15, 0.2) is 60.0 Å². The Morgan fingerprint density at radius 3 is 2.40 bits per heavy atom. The smallest absolute Gasteiger partial charge is 0.405 e. The molecule has 1 heterocycles. The predicted octanol–water partition coefficient (Wildman–Crippen LogP) is 3.30. The Morgan fingerprint density at radius 2 is 1.80 bits per heavy atom. The molecule has 0 radical (unpaired) electrons. The van der Waals surface area contributed by atoms with E-state index in [0.29, 0.717) is 22.5 Å². The zero-order valence-corrected chi connectivity index (χ0v) is 16.8. The molecule has 0 bridgehead atoms. The summed E-state index contributed by atoms with van der Waals surface area (Å²) in [6.45, 7) is 0. The molecule has 0 spiro atoms. The molecule has 0 fully saturated rings. The van der Waals surface area contributed by atoms with E-state index in [1.54, 1.807) is 17.4 Å². The number of anilines is 2. The standard InChI is InChI=1S/C21H20N4O4S/c1-23-20(27)18(25-21(28)29)12-4-6-13(7-5-12)19(26)24-16-11-14(8-9-15(16)22)17-3-2-10-30-17/h2-11,18,25H,22H2,1H3,(H,23,27)(H,24,26)(H,28,29). The van der Waals surface area contributed by atoms with Crippen molar-refractivity contribution in [2.75, 3.05) is 18.1 Å². The highest BCUT2D eigenvalue weighted by atomic mass is 32.1. The quantitative estimate of drug-likeness (QED) is 0.387. The van der Waals surface area contributed by atoms with Gasteiger partial charge in [0, 0.05) is 17.5 Å². The second kappa shape index (κ2) is 9.10. The Labute approximate surface area is 176 Å². The monoisotopic (exact) mass is 424 g/mol. The molecular formula is C21H20N4O4S. The summed E-state index contributed by atoms with van der Waals surface area (Å²) in [6, 6.07) is 14.4. The number of carboxylic acid groups (broad SMARTS) is 1. The van der Waals surface area contributed by atoms with Gasteiger partial charge in [-0.2, -0.15) is 0 Å². The van der Waals surface area contributed by atoms with Crippen LogP contribution in [0.2, 0.25) is 0 Å². The Kier molecular flexibility index (Phi) is 6.33. The number of nitrogens with one attached hydrogen (secondary N) is 3. The Hall–Kier alpha value is -3.85. The Bertz CT molecular complexity index is 1070. The highest BCUT2D eigenvalue weighted by molar-refractivity contribution is 7.13. The molecule has 154 valence electrons. The van der Waals surface area contributed by atoms with Crippen molar-refractivity contribution in [1.82, 2.24) is 10.6 Å². The number of rotatable bonds is 6. The van der Waals surface area contributed by atoms with Crippen LogP contribution in [0.25, 0.3) is 10.4 Å². The minimum absolute atomic E-state index is 0.339. The largest absolute Gasteiger partial charge is 0.465 e. The van der Waals surface area contributed by atoms with Crippen LogP contribution in [-0.4, -0.2) is 30.1 Å². The van der Waals surface area contributed by atoms with Gasteiger partial charge in [0.25, 0.3) is 5.91 Å². The number of benzene rings is 2. The number of amides is 3. The fourth-order valence-corrected chi connectivity index (χ4v) is 3.57. The van der Waals surface area contributed by atoms with Crippen LogP contribution in [-0.2, 0) is 4.79 Å². The molecule has 1 unspecified atom stereocenters. The van der Waals surface area contributed by atoms with E-state index < -0.39 is 18.0 Å². The lowest BCUT2D eigenvalue weighted by Gasteiger charge is -2.16. The molecular weight excluding hydrogens is 404 g/mol. The topological polar surface area (TPSA) is 134 Å². The van der Waals surface area contributed by atoms with Crippen LogP contribution in [0.3, 0.4) is 0 Å². The predicted molar refractivity (Wildman–Crippen MR) is 117 cm³/mol. The summed E-state index contributed by atoms with van der Waals surface area (Å²) in [4.78, 5) is 36.6. The summed E-state index contributed by atoms with van der Waals surface area (Å²) in [6.07, 6.45) is -1.33. The maximum atomic E-state index is 12.7. The zero-order valence-electron chi connectivity index (χ0n) is 16.0. The lowest BCUT2D eigenvalue weighted by atomic mass is 10.0. The van der Waals surface area contributed by atoms with Crippen molar-refractivity contribution in [3.63, 3.8) is 0 Å². The van der Waals surface area contributed by atoms with Gasteiger partial charge in [-0.15, -0.1) is 11.3 Å². The molecule has 1 atom stereocenters. The molecule has 0 aliphatic rings. The molecule has 3 amide bonds. The summed E-state index contributed by atoms with van der Waals surface area (Å²) in [5, 5.41) is 18.3.